The van der Waals surface area contributed by atoms with E-state index in [0.717, 1.165) is 23.7 Å². The number of carbonyl (C=O) groups is 2. The van der Waals surface area contributed by atoms with Gasteiger partial charge in [-0.1, -0.05) is 0 Å². The van der Waals surface area contributed by atoms with Gasteiger partial charge in [0, 0.05) is 60.8 Å². The van der Waals surface area contributed by atoms with Crippen LogP contribution in [0.5, 0.6) is 0 Å². The molecule has 1 N–H and O–H groups in total. The van der Waals surface area contributed by atoms with Gasteiger partial charge in [-0.05, 0) is 55.2 Å². The third-order valence-electron chi connectivity index (χ3n) is 6.66. The lowest BCUT2D eigenvalue weighted by Gasteiger charge is -2.50. The predicted molar refractivity (Wildman–Crippen MR) is 117 cm³/mol. The van der Waals surface area contributed by atoms with Gasteiger partial charge in [0.15, 0.2) is 0 Å². The van der Waals surface area contributed by atoms with Crippen molar-refractivity contribution < 1.29 is 14.3 Å². The predicted octanol–water partition coefficient (Wildman–Crippen LogP) is 2.62. The average Bonchev–Trinajstić information content (AvgIpc) is 3.36. The number of fused-ring (bicyclic) bond motifs is 1. The number of nitrogens with one attached hydrogen (secondary N) is 1. The van der Waals surface area contributed by atoms with E-state index in [9.17, 15) is 9.59 Å². The highest BCUT2D eigenvalue weighted by Crippen LogP contribution is 2.42. The molecule has 0 radical (unpaired) electrons. The summed E-state index contributed by atoms with van der Waals surface area (Å²) in [6, 6.07) is 11.3. The number of hydrogen-bond donors (Lipinski definition) is 1. The average molecular weight is 418 g/mol. The number of aryl methyl sites for hydroxylation is 1. The molecule has 160 valence electrons. The SMILES string of the molecule is Cn1ccc2cc(C(=O)N3CC4(C3)OCC[C@@H]4CCNC(=O)c3ccncc3)ccc21. The van der Waals surface area contributed by atoms with Crippen LogP contribution in [0.15, 0.2) is 55.0 Å². The van der Waals surface area contributed by atoms with Crippen LogP contribution >= 0.6 is 0 Å². The molecule has 2 amide bonds. The topological polar surface area (TPSA) is 76.5 Å². The van der Waals surface area contributed by atoms with Gasteiger partial charge in [0.25, 0.3) is 11.8 Å². The van der Waals surface area contributed by atoms with Crippen molar-refractivity contribution in [3.05, 3.63) is 66.1 Å². The van der Waals surface area contributed by atoms with Gasteiger partial charge in [-0.3, -0.25) is 14.6 Å². The van der Waals surface area contributed by atoms with Crippen LogP contribution in [0.25, 0.3) is 10.9 Å². The maximum Gasteiger partial charge on any atom is 0.254 e. The van der Waals surface area contributed by atoms with Crippen LogP contribution in [0.1, 0.15) is 33.6 Å². The third kappa shape index (κ3) is 3.59. The smallest absolute Gasteiger partial charge is 0.254 e. The summed E-state index contributed by atoms with van der Waals surface area (Å²) in [4.78, 5) is 31.0. The van der Waals surface area contributed by atoms with Crippen molar-refractivity contribution >= 4 is 22.7 Å². The zero-order valence-electron chi connectivity index (χ0n) is 17.6. The minimum Gasteiger partial charge on any atom is -0.371 e. The van der Waals surface area contributed by atoms with Gasteiger partial charge >= 0.3 is 0 Å². The molecule has 5 rings (SSSR count). The molecule has 1 aromatic carbocycles. The van der Waals surface area contributed by atoms with Gasteiger partial charge in [0.1, 0.15) is 5.60 Å². The quantitative estimate of drug-likeness (QED) is 0.691. The number of ether oxygens (including phenoxy) is 1. The molecule has 2 aromatic heterocycles. The van der Waals surface area contributed by atoms with E-state index < -0.39 is 0 Å². The summed E-state index contributed by atoms with van der Waals surface area (Å²) in [7, 11) is 2.00. The number of rotatable bonds is 5. The monoisotopic (exact) mass is 418 g/mol. The lowest BCUT2D eigenvalue weighted by molar-refractivity contribution is -0.117. The number of benzene rings is 1. The number of likely N-dealkylation sites (tertiary alicyclic amines) is 1. The van der Waals surface area contributed by atoms with Gasteiger partial charge < -0.3 is 19.5 Å². The molecule has 31 heavy (non-hydrogen) atoms. The number of pyridine rings is 1. The van der Waals surface area contributed by atoms with E-state index in [2.05, 4.69) is 10.3 Å². The van der Waals surface area contributed by atoms with Crippen LogP contribution in [0.2, 0.25) is 0 Å². The Kier molecular flexibility index (Phi) is 4.98. The summed E-state index contributed by atoms with van der Waals surface area (Å²) in [5, 5.41) is 4.06. The second-order valence-corrected chi connectivity index (χ2v) is 8.54. The molecule has 0 bridgehead atoms. The van der Waals surface area contributed by atoms with E-state index >= 15 is 0 Å². The van der Waals surface area contributed by atoms with Crippen LogP contribution in [0.4, 0.5) is 0 Å². The maximum atomic E-state index is 13.0. The summed E-state index contributed by atoms with van der Waals surface area (Å²) >= 11 is 0. The van der Waals surface area contributed by atoms with Crippen molar-refractivity contribution in [3.63, 3.8) is 0 Å². The van der Waals surface area contributed by atoms with Crippen LogP contribution in [0, 0.1) is 5.92 Å². The number of nitrogens with zero attached hydrogens (tertiary/aromatic N) is 3. The number of aromatic nitrogens is 2. The molecule has 0 saturated carbocycles. The van der Waals surface area contributed by atoms with E-state index in [1.807, 2.05) is 47.0 Å². The first-order chi connectivity index (χ1) is 15.1. The summed E-state index contributed by atoms with van der Waals surface area (Å²) in [5.41, 5.74) is 2.17. The summed E-state index contributed by atoms with van der Waals surface area (Å²) in [6.45, 7) is 2.53. The van der Waals surface area contributed by atoms with Crippen molar-refractivity contribution in [1.82, 2.24) is 19.8 Å². The normalized spacial score (nSPS) is 19.5. The molecule has 2 aliphatic heterocycles. The Morgan fingerprint density at radius 3 is 2.77 bits per heavy atom. The van der Waals surface area contributed by atoms with Crippen LogP contribution in [-0.4, -0.2) is 58.1 Å². The Hall–Kier alpha value is -3.19. The Labute approximate surface area is 181 Å². The first-order valence-electron chi connectivity index (χ1n) is 10.7. The van der Waals surface area contributed by atoms with Gasteiger partial charge in [-0.15, -0.1) is 0 Å². The van der Waals surface area contributed by atoms with E-state index in [-0.39, 0.29) is 17.4 Å². The van der Waals surface area contributed by atoms with Gasteiger partial charge in [-0.2, -0.15) is 0 Å². The van der Waals surface area contributed by atoms with E-state index in [1.54, 1.807) is 24.5 Å². The number of carbonyl (C=O) groups excluding carboxylic acids is 2. The highest BCUT2D eigenvalue weighted by molar-refractivity contribution is 5.98. The molecule has 2 aliphatic rings. The van der Waals surface area contributed by atoms with Gasteiger partial charge in [-0.25, -0.2) is 0 Å². The fourth-order valence-corrected chi connectivity index (χ4v) is 4.85. The Morgan fingerprint density at radius 1 is 1.16 bits per heavy atom. The summed E-state index contributed by atoms with van der Waals surface area (Å²) < 4.78 is 8.15. The first kappa shape index (κ1) is 19.8. The zero-order chi connectivity index (χ0) is 21.4. The van der Waals surface area contributed by atoms with Gasteiger partial charge in [0.05, 0.1) is 13.1 Å². The number of amides is 2. The summed E-state index contributed by atoms with van der Waals surface area (Å²) in [6.07, 6.45) is 7.04. The minimum atomic E-state index is -0.270. The van der Waals surface area contributed by atoms with Crippen molar-refractivity contribution in [3.8, 4) is 0 Å². The van der Waals surface area contributed by atoms with Crippen molar-refractivity contribution in [1.29, 1.82) is 0 Å². The summed E-state index contributed by atoms with van der Waals surface area (Å²) in [5.74, 6) is 0.305. The molecule has 1 atom stereocenters. The van der Waals surface area contributed by atoms with Crippen molar-refractivity contribution in [2.45, 2.75) is 18.4 Å². The lowest BCUT2D eigenvalue weighted by Crippen LogP contribution is -2.66. The molecule has 7 heteroatoms. The zero-order valence-corrected chi connectivity index (χ0v) is 17.6. The molecular weight excluding hydrogens is 392 g/mol. The fourth-order valence-electron chi connectivity index (χ4n) is 4.85. The van der Waals surface area contributed by atoms with Crippen molar-refractivity contribution in [2.75, 3.05) is 26.2 Å². The van der Waals surface area contributed by atoms with E-state index in [1.165, 1.54) is 0 Å². The number of hydrogen-bond acceptors (Lipinski definition) is 4. The van der Waals surface area contributed by atoms with Crippen LogP contribution in [0.3, 0.4) is 0 Å². The largest absolute Gasteiger partial charge is 0.371 e. The van der Waals surface area contributed by atoms with E-state index in [0.29, 0.717) is 43.3 Å². The molecule has 7 nitrogen and oxygen atoms in total. The Morgan fingerprint density at radius 2 is 1.97 bits per heavy atom. The first-order valence-corrected chi connectivity index (χ1v) is 10.7. The molecular formula is C24H26N4O3. The van der Waals surface area contributed by atoms with Crippen LogP contribution in [-0.2, 0) is 11.8 Å². The van der Waals surface area contributed by atoms with Crippen molar-refractivity contribution in [2.24, 2.45) is 13.0 Å². The highest BCUT2D eigenvalue weighted by atomic mass is 16.5. The third-order valence-corrected chi connectivity index (χ3v) is 6.66. The van der Waals surface area contributed by atoms with E-state index in [4.69, 9.17) is 4.74 Å². The van der Waals surface area contributed by atoms with Gasteiger partial charge in [0.2, 0.25) is 0 Å². The highest BCUT2D eigenvalue weighted by Gasteiger charge is 2.54. The fraction of sp³-hybridized carbons (Fsp3) is 0.375. The molecule has 2 fully saturated rings. The second kappa shape index (κ2) is 7.81. The Balaban J connectivity index is 1.17. The standard InChI is InChI=1S/C24H26N4O3/c1-27-12-7-18-14-19(2-3-21(18)27)23(30)28-15-24(16-28)20(8-13-31-24)6-11-26-22(29)17-4-9-25-10-5-17/h2-5,7,9-10,12,14,20H,6,8,11,13,15-16H2,1H3,(H,26,29)/t20-/m0/s1. The lowest BCUT2D eigenvalue weighted by atomic mass is 9.78. The molecule has 0 unspecified atom stereocenters. The Bertz CT molecular complexity index is 1120. The molecule has 4 heterocycles. The maximum absolute atomic E-state index is 13.0. The molecule has 2 saturated heterocycles. The minimum absolute atomic E-state index is 0.0524. The molecule has 3 aromatic rings. The second-order valence-electron chi connectivity index (χ2n) is 8.54. The molecule has 0 aliphatic carbocycles. The van der Waals surface area contributed by atoms with Crippen LogP contribution < -0.4 is 5.32 Å². The molecule has 1 spiro atoms.